The maximum Gasteiger partial charge on any atom is 0.0389 e. The first-order valence-corrected chi connectivity index (χ1v) is 6.34. The molecule has 0 aromatic heterocycles. The summed E-state index contributed by atoms with van der Waals surface area (Å²) in [7, 11) is 0. The largest absolute Gasteiger partial charge is 0.399 e. The molecule has 2 aliphatic rings. The highest BCUT2D eigenvalue weighted by atomic mass is 15.2. The molecule has 0 bridgehead atoms. The van der Waals surface area contributed by atoms with Gasteiger partial charge in [-0.15, -0.1) is 0 Å². The summed E-state index contributed by atoms with van der Waals surface area (Å²) >= 11 is 0. The fourth-order valence-corrected chi connectivity index (χ4v) is 3.42. The molecule has 1 heterocycles. The van der Waals surface area contributed by atoms with E-state index in [1.54, 1.807) is 0 Å². The van der Waals surface area contributed by atoms with Crippen molar-refractivity contribution < 1.29 is 0 Å². The van der Waals surface area contributed by atoms with E-state index in [0.29, 0.717) is 0 Å². The Morgan fingerprint density at radius 2 is 1.81 bits per heavy atom. The van der Waals surface area contributed by atoms with E-state index in [4.69, 9.17) is 5.73 Å². The van der Waals surface area contributed by atoms with Gasteiger partial charge in [-0.1, -0.05) is 6.42 Å². The zero-order chi connectivity index (χ0) is 11.1. The van der Waals surface area contributed by atoms with Crippen LogP contribution in [0.4, 0.5) is 11.4 Å². The second-order valence-corrected chi connectivity index (χ2v) is 5.46. The van der Waals surface area contributed by atoms with Crippen molar-refractivity contribution in [3.63, 3.8) is 0 Å². The molecule has 2 unspecified atom stereocenters. The first-order chi connectivity index (χ1) is 7.72. The third-order valence-corrected chi connectivity index (χ3v) is 4.18. The number of nitrogens with two attached hydrogens (primary N) is 1. The number of aryl methyl sites for hydroxylation is 1. The Kier molecular flexibility index (Phi) is 2.31. The van der Waals surface area contributed by atoms with E-state index in [1.165, 1.54) is 43.6 Å². The average molecular weight is 216 g/mol. The summed E-state index contributed by atoms with van der Waals surface area (Å²) in [6.45, 7) is 4.61. The highest BCUT2D eigenvalue weighted by molar-refractivity contribution is 5.59. The lowest BCUT2D eigenvalue weighted by Gasteiger charge is -2.20. The van der Waals surface area contributed by atoms with Crippen LogP contribution in [0.2, 0.25) is 0 Å². The molecule has 0 radical (unpaired) electrons. The number of hydrogen-bond donors (Lipinski definition) is 1. The molecule has 0 amide bonds. The van der Waals surface area contributed by atoms with Crippen LogP contribution in [0.25, 0.3) is 0 Å². The molecule has 1 saturated carbocycles. The van der Waals surface area contributed by atoms with Crippen LogP contribution < -0.4 is 10.6 Å². The van der Waals surface area contributed by atoms with Crippen molar-refractivity contribution in [2.24, 2.45) is 11.8 Å². The van der Waals surface area contributed by atoms with Gasteiger partial charge in [0.15, 0.2) is 0 Å². The van der Waals surface area contributed by atoms with E-state index in [0.717, 1.165) is 17.5 Å². The molecule has 3 rings (SSSR count). The van der Waals surface area contributed by atoms with E-state index < -0.39 is 0 Å². The molecule has 2 heteroatoms. The number of nitrogen functional groups attached to an aromatic ring is 1. The molecule has 2 atom stereocenters. The van der Waals surface area contributed by atoms with Crippen LogP contribution >= 0.6 is 0 Å². The van der Waals surface area contributed by atoms with E-state index in [9.17, 15) is 0 Å². The number of benzene rings is 1. The minimum atomic E-state index is 0.895. The molecule has 0 spiro atoms. The van der Waals surface area contributed by atoms with Gasteiger partial charge in [-0.3, -0.25) is 0 Å². The molecule has 1 aliphatic carbocycles. The normalized spacial score (nSPS) is 28.4. The highest BCUT2D eigenvalue weighted by Gasteiger charge is 2.36. The van der Waals surface area contributed by atoms with Crippen LogP contribution in [-0.4, -0.2) is 13.1 Å². The Morgan fingerprint density at radius 3 is 2.44 bits per heavy atom. The first kappa shape index (κ1) is 10.0. The lowest BCUT2D eigenvalue weighted by molar-refractivity contribution is 0.494. The quantitative estimate of drug-likeness (QED) is 0.731. The second-order valence-electron chi connectivity index (χ2n) is 5.46. The van der Waals surface area contributed by atoms with Gasteiger partial charge < -0.3 is 10.6 Å². The molecule has 16 heavy (non-hydrogen) atoms. The summed E-state index contributed by atoms with van der Waals surface area (Å²) in [4.78, 5) is 2.53. The Bertz CT molecular complexity index is 367. The predicted octanol–water partition coefficient (Wildman–Crippen LogP) is 2.81. The minimum absolute atomic E-state index is 0.895. The summed E-state index contributed by atoms with van der Waals surface area (Å²) in [6, 6.07) is 6.42. The monoisotopic (exact) mass is 216 g/mol. The van der Waals surface area contributed by atoms with Gasteiger partial charge >= 0.3 is 0 Å². The van der Waals surface area contributed by atoms with Crippen molar-refractivity contribution in [1.82, 2.24) is 0 Å². The van der Waals surface area contributed by atoms with E-state index in [1.807, 2.05) is 6.07 Å². The molecular formula is C14H20N2. The summed E-state index contributed by atoms with van der Waals surface area (Å²) in [5.41, 5.74) is 9.41. The van der Waals surface area contributed by atoms with Gasteiger partial charge in [0.2, 0.25) is 0 Å². The maximum absolute atomic E-state index is 5.92. The fraction of sp³-hybridized carbons (Fsp3) is 0.571. The van der Waals surface area contributed by atoms with Gasteiger partial charge in [0, 0.05) is 24.5 Å². The molecule has 2 N–H and O–H groups in total. The van der Waals surface area contributed by atoms with Gasteiger partial charge in [-0.05, 0) is 55.4 Å². The lowest BCUT2D eigenvalue weighted by atomic mass is 10.0. The zero-order valence-corrected chi connectivity index (χ0v) is 9.95. The SMILES string of the molecule is Cc1cc(N)cc(N2CC3CCCC3C2)c1. The van der Waals surface area contributed by atoms with E-state index in [2.05, 4.69) is 24.0 Å². The molecule has 1 saturated heterocycles. The molecular weight excluding hydrogens is 196 g/mol. The van der Waals surface area contributed by atoms with Crippen molar-refractivity contribution in [2.75, 3.05) is 23.7 Å². The number of rotatable bonds is 1. The average Bonchev–Trinajstić information content (AvgIpc) is 2.74. The molecule has 86 valence electrons. The maximum atomic E-state index is 5.92. The molecule has 1 aromatic rings. The number of hydrogen-bond acceptors (Lipinski definition) is 2. The summed E-state index contributed by atoms with van der Waals surface area (Å²) in [5, 5.41) is 0. The molecule has 2 nitrogen and oxygen atoms in total. The van der Waals surface area contributed by atoms with Crippen molar-refractivity contribution >= 4 is 11.4 Å². The molecule has 1 aliphatic heterocycles. The Labute approximate surface area is 97.4 Å². The van der Waals surface area contributed by atoms with Crippen molar-refractivity contribution in [3.8, 4) is 0 Å². The third-order valence-electron chi connectivity index (χ3n) is 4.18. The van der Waals surface area contributed by atoms with E-state index in [-0.39, 0.29) is 0 Å². The lowest BCUT2D eigenvalue weighted by Crippen LogP contribution is -2.20. The predicted molar refractivity (Wildman–Crippen MR) is 68.6 cm³/mol. The minimum Gasteiger partial charge on any atom is -0.399 e. The highest BCUT2D eigenvalue weighted by Crippen LogP contribution is 2.39. The van der Waals surface area contributed by atoms with Gasteiger partial charge in [0.25, 0.3) is 0 Å². The third kappa shape index (κ3) is 1.66. The topological polar surface area (TPSA) is 29.3 Å². The van der Waals surface area contributed by atoms with Crippen LogP contribution in [0.1, 0.15) is 24.8 Å². The van der Waals surface area contributed by atoms with Crippen LogP contribution in [0.5, 0.6) is 0 Å². The first-order valence-electron chi connectivity index (χ1n) is 6.34. The van der Waals surface area contributed by atoms with Gasteiger partial charge in [0.05, 0.1) is 0 Å². The number of nitrogens with zero attached hydrogens (tertiary/aromatic N) is 1. The summed E-state index contributed by atoms with van der Waals surface area (Å²) in [5.74, 6) is 1.89. The van der Waals surface area contributed by atoms with Gasteiger partial charge in [-0.25, -0.2) is 0 Å². The van der Waals surface area contributed by atoms with Gasteiger partial charge in [-0.2, -0.15) is 0 Å². The molecule has 1 aromatic carbocycles. The van der Waals surface area contributed by atoms with Crippen LogP contribution in [0.15, 0.2) is 18.2 Å². The standard InChI is InChI=1S/C14H20N2/c1-10-5-13(15)7-14(6-10)16-8-11-3-2-4-12(11)9-16/h5-7,11-12H,2-4,8-9,15H2,1H3. The zero-order valence-electron chi connectivity index (χ0n) is 9.95. The number of fused-ring (bicyclic) bond motifs is 1. The van der Waals surface area contributed by atoms with Crippen molar-refractivity contribution in [3.05, 3.63) is 23.8 Å². The fourth-order valence-electron chi connectivity index (χ4n) is 3.42. The van der Waals surface area contributed by atoms with E-state index >= 15 is 0 Å². The van der Waals surface area contributed by atoms with Crippen molar-refractivity contribution in [1.29, 1.82) is 0 Å². The summed E-state index contributed by atoms with van der Waals surface area (Å²) in [6.07, 6.45) is 4.31. The van der Waals surface area contributed by atoms with Crippen LogP contribution in [0, 0.1) is 18.8 Å². The van der Waals surface area contributed by atoms with Crippen molar-refractivity contribution in [2.45, 2.75) is 26.2 Å². The second kappa shape index (κ2) is 3.69. The van der Waals surface area contributed by atoms with Gasteiger partial charge in [0.1, 0.15) is 0 Å². The van der Waals surface area contributed by atoms with Crippen LogP contribution in [-0.2, 0) is 0 Å². The summed E-state index contributed by atoms with van der Waals surface area (Å²) < 4.78 is 0. The van der Waals surface area contributed by atoms with Crippen LogP contribution in [0.3, 0.4) is 0 Å². The Balaban J connectivity index is 1.83. The Hall–Kier alpha value is -1.18. The molecule has 2 fully saturated rings. The smallest absolute Gasteiger partial charge is 0.0389 e. The Morgan fingerprint density at radius 1 is 1.12 bits per heavy atom. The number of anilines is 2.